The predicted octanol–water partition coefficient (Wildman–Crippen LogP) is 3.67. The molecule has 1 aromatic rings. The van der Waals surface area contributed by atoms with E-state index < -0.39 is 0 Å². The van der Waals surface area contributed by atoms with Gasteiger partial charge < -0.3 is 15.0 Å². The van der Waals surface area contributed by atoms with Gasteiger partial charge in [0, 0.05) is 36.9 Å². The van der Waals surface area contributed by atoms with Gasteiger partial charge >= 0.3 is 0 Å². The van der Waals surface area contributed by atoms with E-state index in [4.69, 9.17) is 4.74 Å². The first-order valence-electron chi connectivity index (χ1n) is 7.22. The number of methoxy groups -OCH3 is 1. The number of rotatable bonds is 4. The minimum absolute atomic E-state index is 0.203. The molecule has 0 bridgehead atoms. The largest absolute Gasteiger partial charge is 0.495 e. The van der Waals surface area contributed by atoms with Crippen molar-refractivity contribution in [3.05, 3.63) is 22.7 Å². The molecule has 1 fully saturated rings. The van der Waals surface area contributed by atoms with Crippen LogP contribution in [-0.2, 0) is 0 Å². The minimum Gasteiger partial charge on any atom is -0.495 e. The number of hydrogen-bond acceptors (Lipinski definition) is 3. The molecule has 1 saturated heterocycles. The van der Waals surface area contributed by atoms with Crippen LogP contribution in [0.5, 0.6) is 5.75 Å². The Bertz CT molecular complexity index is 456. The fraction of sp³-hybridized carbons (Fsp3) is 0.625. The van der Waals surface area contributed by atoms with Crippen LogP contribution in [0.15, 0.2) is 22.7 Å². The van der Waals surface area contributed by atoms with E-state index >= 15 is 0 Å². The lowest BCUT2D eigenvalue weighted by atomic mass is 10.1. The van der Waals surface area contributed by atoms with E-state index in [9.17, 15) is 0 Å². The normalized spacial score (nSPS) is 19.4. The Morgan fingerprint density at radius 3 is 2.80 bits per heavy atom. The van der Waals surface area contributed by atoms with Gasteiger partial charge in [-0.2, -0.15) is 0 Å². The average Bonchev–Trinajstić information content (AvgIpc) is 2.85. The fourth-order valence-corrected chi connectivity index (χ4v) is 2.94. The van der Waals surface area contributed by atoms with Crippen LogP contribution in [0.25, 0.3) is 0 Å². The van der Waals surface area contributed by atoms with E-state index in [2.05, 4.69) is 65.1 Å². The van der Waals surface area contributed by atoms with E-state index in [1.807, 2.05) is 0 Å². The summed E-state index contributed by atoms with van der Waals surface area (Å²) in [6.45, 7) is 10.0. The molecule has 1 aromatic carbocycles. The molecule has 1 atom stereocenters. The summed E-state index contributed by atoms with van der Waals surface area (Å²) in [6, 6.07) is 6.34. The summed E-state index contributed by atoms with van der Waals surface area (Å²) in [5.74, 6) is 1.63. The summed E-state index contributed by atoms with van der Waals surface area (Å²) in [4.78, 5) is 2.45. The highest BCUT2D eigenvalue weighted by Gasteiger charge is 2.24. The van der Waals surface area contributed by atoms with Crippen LogP contribution in [0.4, 0.5) is 5.69 Å². The molecule has 0 spiro atoms. The number of hydrogen-bond donors (Lipinski definition) is 1. The summed E-state index contributed by atoms with van der Waals surface area (Å²) >= 11 is 3.50. The van der Waals surface area contributed by atoms with Gasteiger partial charge in [-0.25, -0.2) is 0 Å². The molecule has 1 N–H and O–H groups in total. The molecule has 0 radical (unpaired) electrons. The third-order valence-corrected chi connectivity index (χ3v) is 4.36. The zero-order valence-electron chi connectivity index (χ0n) is 12.9. The number of nitrogens with zero attached hydrogens (tertiary/aromatic N) is 1. The SMILES string of the molecule is COc1cc(N2CCC(CNC(C)(C)C)C2)ccc1Br. The molecule has 0 saturated carbocycles. The van der Waals surface area contributed by atoms with Crippen molar-refractivity contribution in [3.8, 4) is 5.75 Å². The van der Waals surface area contributed by atoms with Crippen LogP contribution >= 0.6 is 15.9 Å². The van der Waals surface area contributed by atoms with Crippen LogP contribution in [0, 0.1) is 5.92 Å². The Balaban J connectivity index is 1.95. The third-order valence-electron chi connectivity index (χ3n) is 3.71. The first kappa shape index (κ1) is 15.6. The molecule has 1 unspecified atom stereocenters. The van der Waals surface area contributed by atoms with Crippen LogP contribution in [0.2, 0.25) is 0 Å². The maximum Gasteiger partial charge on any atom is 0.135 e. The topological polar surface area (TPSA) is 24.5 Å². The highest BCUT2D eigenvalue weighted by atomic mass is 79.9. The third kappa shape index (κ3) is 4.13. The molecular formula is C16H25BrN2O. The molecular weight excluding hydrogens is 316 g/mol. The van der Waals surface area contributed by atoms with E-state index in [0.29, 0.717) is 0 Å². The Labute approximate surface area is 130 Å². The summed E-state index contributed by atoms with van der Waals surface area (Å²) in [6.07, 6.45) is 1.25. The van der Waals surface area contributed by atoms with Gasteiger partial charge in [0.05, 0.1) is 11.6 Å². The number of nitrogens with one attached hydrogen (secondary N) is 1. The first-order valence-corrected chi connectivity index (χ1v) is 8.02. The van der Waals surface area contributed by atoms with Crippen molar-refractivity contribution in [1.82, 2.24) is 5.32 Å². The zero-order valence-corrected chi connectivity index (χ0v) is 14.5. The van der Waals surface area contributed by atoms with Gasteiger partial charge in [-0.1, -0.05) is 0 Å². The van der Waals surface area contributed by atoms with Crippen molar-refractivity contribution >= 4 is 21.6 Å². The quantitative estimate of drug-likeness (QED) is 0.904. The van der Waals surface area contributed by atoms with Crippen molar-refractivity contribution in [3.63, 3.8) is 0 Å². The van der Waals surface area contributed by atoms with E-state index in [1.165, 1.54) is 12.1 Å². The lowest BCUT2D eigenvalue weighted by molar-refractivity contribution is 0.383. The molecule has 0 aromatic heterocycles. The van der Waals surface area contributed by atoms with Gasteiger partial charge in [0.15, 0.2) is 0 Å². The monoisotopic (exact) mass is 340 g/mol. The number of benzene rings is 1. The maximum absolute atomic E-state index is 5.38. The van der Waals surface area contributed by atoms with Crippen molar-refractivity contribution in [2.75, 3.05) is 31.6 Å². The lowest BCUT2D eigenvalue weighted by Crippen LogP contribution is -2.39. The average molecular weight is 341 g/mol. The van der Waals surface area contributed by atoms with E-state index in [1.54, 1.807) is 7.11 Å². The van der Waals surface area contributed by atoms with Gasteiger partial charge in [-0.3, -0.25) is 0 Å². The van der Waals surface area contributed by atoms with E-state index in [-0.39, 0.29) is 5.54 Å². The van der Waals surface area contributed by atoms with Crippen molar-refractivity contribution < 1.29 is 4.74 Å². The highest BCUT2D eigenvalue weighted by molar-refractivity contribution is 9.10. The fourth-order valence-electron chi connectivity index (χ4n) is 2.53. The molecule has 20 heavy (non-hydrogen) atoms. The second-order valence-electron chi connectivity index (χ2n) is 6.55. The molecule has 4 heteroatoms. The molecule has 1 heterocycles. The Kier molecular flexibility index (Phi) is 4.97. The van der Waals surface area contributed by atoms with Crippen molar-refractivity contribution in [2.24, 2.45) is 5.92 Å². The van der Waals surface area contributed by atoms with Crippen molar-refractivity contribution in [2.45, 2.75) is 32.7 Å². The molecule has 1 aliphatic heterocycles. The van der Waals surface area contributed by atoms with Gasteiger partial charge in [0.1, 0.15) is 5.75 Å². The molecule has 2 rings (SSSR count). The summed E-state index contributed by atoms with van der Waals surface area (Å²) in [5.41, 5.74) is 1.46. The molecule has 1 aliphatic rings. The molecule has 0 aliphatic carbocycles. The summed E-state index contributed by atoms with van der Waals surface area (Å²) < 4.78 is 6.39. The number of halogens is 1. The predicted molar refractivity (Wildman–Crippen MR) is 88.8 cm³/mol. The van der Waals surface area contributed by atoms with E-state index in [0.717, 1.165) is 35.8 Å². The lowest BCUT2D eigenvalue weighted by Gasteiger charge is -2.24. The Hall–Kier alpha value is -0.740. The second kappa shape index (κ2) is 6.35. The zero-order chi connectivity index (χ0) is 14.8. The van der Waals surface area contributed by atoms with Gasteiger partial charge in [-0.05, 0) is 61.2 Å². The highest BCUT2D eigenvalue weighted by Crippen LogP contribution is 2.32. The minimum atomic E-state index is 0.203. The molecule has 112 valence electrons. The van der Waals surface area contributed by atoms with Gasteiger partial charge in [-0.15, -0.1) is 0 Å². The summed E-state index contributed by atoms with van der Waals surface area (Å²) in [5, 5.41) is 3.61. The Morgan fingerprint density at radius 2 is 2.15 bits per heavy atom. The van der Waals surface area contributed by atoms with Crippen molar-refractivity contribution in [1.29, 1.82) is 0 Å². The van der Waals surface area contributed by atoms with Crippen LogP contribution in [0.1, 0.15) is 27.2 Å². The number of ether oxygens (including phenoxy) is 1. The maximum atomic E-state index is 5.38. The van der Waals surface area contributed by atoms with Crippen LogP contribution < -0.4 is 15.0 Å². The second-order valence-corrected chi connectivity index (χ2v) is 7.40. The first-order chi connectivity index (χ1) is 9.39. The summed E-state index contributed by atoms with van der Waals surface area (Å²) in [7, 11) is 1.71. The van der Waals surface area contributed by atoms with Gasteiger partial charge in [0.2, 0.25) is 0 Å². The number of anilines is 1. The molecule has 0 amide bonds. The smallest absolute Gasteiger partial charge is 0.135 e. The van der Waals surface area contributed by atoms with Crippen LogP contribution in [-0.4, -0.2) is 32.3 Å². The van der Waals surface area contributed by atoms with Gasteiger partial charge in [0.25, 0.3) is 0 Å². The standard InChI is InChI=1S/C16H25BrN2O/c1-16(2,3)18-10-12-7-8-19(11-12)13-5-6-14(17)15(9-13)20-4/h5-6,9,12,18H,7-8,10-11H2,1-4H3. The Morgan fingerprint density at radius 1 is 1.40 bits per heavy atom. The molecule has 3 nitrogen and oxygen atoms in total. The van der Waals surface area contributed by atoms with Crippen LogP contribution in [0.3, 0.4) is 0 Å².